The molecule has 0 saturated carbocycles. The van der Waals surface area contributed by atoms with Gasteiger partial charge in [-0.1, -0.05) is 12.1 Å². The van der Waals surface area contributed by atoms with Crippen LogP contribution in [0.25, 0.3) is 0 Å². The fourth-order valence-corrected chi connectivity index (χ4v) is 3.76. The van der Waals surface area contributed by atoms with Crippen molar-refractivity contribution in [3.05, 3.63) is 34.9 Å². The number of rotatable bonds is 6. The smallest absolute Gasteiger partial charge is 0.255 e. The lowest BCUT2D eigenvalue weighted by atomic mass is 10.0. The zero-order chi connectivity index (χ0) is 19.8. The summed E-state index contributed by atoms with van der Waals surface area (Å²) in [5, 5.41) is 5.54. The number of fused-ring (bicyclic) bond motifs is 1. The van der Waals surface area contributed by atoms with Crippen molar-refractivity contribution in [2.24, 2.45) is 0 Å². The summed E-state index contributed by atoms with van der Waals surface area (Å²) >= 11 is 0. The van der Waals surface area contributed by atoms with Gasteiger partial charge in [0, 0.05) is 37.2 Å². The maximum atomic E-state index is 12.9. The number of imide groups is 1. The number of amides is 3. The van der Waals surface area contributed by atoms with Crippen molar-refractivity contribution >= 4 is 17.7 Å². The van der Waals surface area contributed by atoms with E-state index in [4.69, 9.17) is 0 Å². The second kappa shape index (κ2) is 7.40. The first-order chi connectivity index (χ1) is 12.7. The summed E-state index contributed by atoms with van der Waals surface area (Å²) in [6.45, 7) is 6.35. The summed E-state index contributed by atoms with van der Waals surface area (Å²) in [6, 6.07) is 5.40. The van der Waals surface area contributed by atoms with Crippen LogP contribution < -0.4 is 10.6 Å². The van der Waals surface area contributed by atoms with E-state index in [1.807, 2.05) is 25.2 Å². The Hall–Kier alpha value is -2.25. The number of benzene rings is 1. The third-order valence-electron chi connectivity index (χ3n) is 5.66. The van der Waals surface area contributed by atoms with Gasteiger partial charge in [-0.15, -0.1) is 0 Å². The molecule has 1 atom stereocenters. The molecule has 3 amide bonds. The number of nitrogens with zero attached hydrogens (tertiary/aromatic N) is 2. The molecule has 1 fully saturated rings. The Morgan fingerprint density at radius 1 is 1.30 bits per heavy atom. The number of likely N-dealkylation sites (N-methyl/N-ethyl adjacent to an activating group) is 2. The zero-order valence-electron chi connectivity index (χ0n) is 16.5. The molecule has 0 aliphatic carbocycles. The van der Waals surface area contributed by atoms with Crippen molar-refractivity contribution in [3.63, 3.8) is 0 Å². The third kappa shape index (κ3) is 3.89. The van der Waals surface area contributed by atoms with Crippen LogP contribution in [0.5, 0.6) is 0 Å². The van der Waals surface area contributed by atoms with Gasteiger partial charge in [0.2, 0.25) is 11.8 Å². The van der Waals surface area contributed by atoms with Crippen LogP contribution >= 0.6 is 0 Å². The molecular formula is C20H28N4O3. The van der Waals surface area contributed by atoms with Crippen LogP contribution in [0.4, 0.5) is 0 Å². The number of carbonyl (C=O) groups excluding carboxylic acids is 3. The van der Waals surface area contributed by atoms with Crippen LogP contribution in [-0.2, 0) is 22.7 Å². The molecule has 0 radical (unpaired) electrons. The van der Waals surface area contributed by atoms with Gasteiger partial charge in [-0.25, -0.2) is 0 Å². The predicted octanol–water partition coefficient (Wildman–Crippen LogP) is 0.877. The molecule has 2 aliphatic heterocycles. The van der Waals surface area contributed by atoms with Gasteiger partial charge in [-0.05, 0) is 51.6 Å². The zero-order valence-corrected chi connectivity index (χ0v) is 16.5. The molecule has 7 heteroatoms. The molecule has 1 aromatic carbocycles. The molecule has 1 aromatic rings. The van der Waals surface area contributed by atoms with Crippen molar-refractivity contribution in [2.45, 2.75) is 51.4 Å². The maximum Gasteiger partial charge on any atom is 0.255 e. The van der Waals surface area contributed by atoms with Gasteiger partial charge < -0.3 is 10.2 Å². The van der Waals surface area contributed by atoms with Crippen LogP contribution in [-0.4, -0.2) is 59.7 Å². The normalized spacial score (nSPS) is 20.3. The minimum atomic E-state index is -0.566. The molecule has 0 aromatic heterocycles. The van der Waals surface area contributed by atoms with E-state index >= 15 is 0 Å². The van der Waals surface area contributed by atoms with E-state index in [-0.39, 0.29) is 29.7 Å². The molecule has 0 bridgehead atoms. The van der Waals surface area contributed by atoms with Crippen LogP contribution in [0.1, 0.15) is 48.2 Å². The SMILES string of the molecule is CNCC(C)(C)N(C)Cc1ccc2c(c1)C(=O)N(C1CCC(=O)NC1=O)C2. The Morgan fingerprint density at radius 3 is 2.70 bits per heavy atom. The van der Waals surface area contributed by atoms with Gasteiger partial charge >= 0.3 is 0 Å². The average Bonchev–Trinajstić information content (AvgIpc) is 2.91. The fraction of sp³-hybridized carbons (Fsp3) is 0.550. The van der Waals surface area contributed by atoms with E-state index < -0.39 is 6.04 Å². The topological polar surface area (TPSA) is 81.8 Å². The molecule has 7 nitrogen and oxygen atoms in total. The second-order valence-electron chi connectivity index (χ2n) is 8.09. The standard InChI is InChI=1S/C20H28N4O3/c1-20(2,12-21-3)23(4)10-13-5-6-14-11-24(19(27)15(14)9-13)16-7-8-17(25)22-18(16)26/h5-6,9,16,21H,7-8,10-12H2,1-4H3,(H,22,25,26). The first kappa shape index (κ1) is 19.5. The van der Waals surface area contributed by atoms with Crippen molar-refractivity contribution in [3.8, 4) is 0 Å². The summed E-state index contributed by atoms with van der Waals surface area (Å²) in [4.78, 5) is 40.2. The van der Waals surface area contributed by atoms with Crippen molar-refractivity contribution in [1.29, 1.82) is 0 Å². The molecule has 2 N–H and O–H groups in total. The molecule has 2 aliphatic rings. The van der Waals surface area contributed by atoms with Gasteiger partial charge in [-0.2, -0.15) is 0 Å². The Kier molecular flexibility index (Phi) is 5.35. The van der Waals surface area contributed by atoms with E-state index in [9.17, 15) is 14.4 Å². The summed E-state index contributed by atoms with van der Waals surface area (Å²) in [7, 11) is 4.01. The fourth-order valence-electron chi connectivity index (χ4n) is 3.76. The highest BCUT2D eigenvalue weighted by atomic mass is 16.2. The summed E-state index contributed by atoms with van der Waals surface area (Å²) < 4.78 is 0. The quantitative estimate of drug-likeness (QED) is 0.725. The summed E-state index contributed by atoms with van der Waals surface area (Å²) in [6.07, 6.45) is 0.658. The Balaban J connectivity index is 1.75. The van der Waals surface area contributed by atoms with Crippen molar-refractivity contribution in [2.75, 3.05) is 20.6 Å². The summed E-state index contributed by atoms with van der Waals surface area (Å²) in [5.74, 6) is -0.769. The molecular weight excluding hydrogens is 344 g/mol. The highest BCUT2D eigenvalue weighted by Gasteiger charge is 2.39. The van der Waals surface area contributed by atoms with Crippen LogP contribution in [0, 0.1) is 0 Å². The number of piperidine rings is 1. The number of carbonyl (C=O) groups is 3. The third-order valence-corrected chi connectivity index (χ3v) is 5.66. The molecule has 1 saturated heterocycles. The first-order valence-corrected chi connectivity index (χ1v) is 9.35. The van der Waals surface area contributed by atoms with E-state index in [2.05, 4.69) is 36.4 Å². The minimum absolute atomic E-state index is 0.0173. The number of nitrogens with one attached hydrogen (secondary N) is 2. The first-order valence-electron chi connectivity index (χ1n) is 9.35. The molecule has 27 heavy (non-hydrogen) atoms. The Morgan fingerprint density at radius 2 is 2.04 bits per heavy atom. The second-order valence-corrected chi connectivity index (χ2v) is 8.09. The van der Waals surface area contributed by atoms with Crippen LogP contribution in [0.3, 0.4) is 0 Å². The van der Waals surface area contributed by atoms with Crippen molar-refractivity contribution < 1.29 is 14.4 Å². The van der Waals surface area contributed by atoms with Gasteiger partial charge in [0.05, 0.1) is 0 Å². The highest BCUT2D eigenvalue weighted by molar-refractivity contribution is 6.05. The lowest BCUT2D eigenvalue weighted by Crippen LogP contribution is -2.52. The van der Waals surface area contributed by atoms with E-state index in [0.29, 0.717) is 18.5 Å². The molecule has 1 unspecified atom stereocenters. The lowest BCUT2D eigenvalue weighted by molar-refractivity contribution is -0.136. The van der Waals surface area contributed by atoms with Gasteiger partial charge in [-0.3, -0.25) is 24.6 Å². The molecule has 2 heterocycles. The largest absolute Gasteiger partial charge is 0.322 e. The average molecular weight is 372 g/mol. The van der Waals surface area contributed by atoms with Gasteiger partial charge in [0.15, 0.2) is 0 Å². The highest BCUT2D eigenvalue weighted by Crippen LogP contribution is 2.29. The van der Waals surface area contributed by atoms with E-state index in [1.165, 1.54) is 0 Å². The van der Waals surface area contributed by atoms with E-state index in [1.54, 1.807) is 4.90 Å². The van der Waals surface area contributed by atoms with Crippen molar-refractivity contribution in [1.82, 2.24) is 20.4 Å². The molecule has 3 rings (SSSR count). The Bertz CT molecular complexity index is 774. The monoisotopic (exact) mass is 372 g/mol. The molecule has 0 spiro atoms. The maximum absolute atomic E-state index is 12.9. The van der Waals surface area contributed by atoms with Crippen LogP contribution in [0.15, 0.2) is 18.2 Å². The number of hydrogen-bond acceptors (Lipinski definition) is 5. The minimum Gasteiger partial charge on any atom is -0.322 e. The van der Waals surface area contributed by atoms with Gasteiger partial charge in [0.1, 0.15) is 6.04 Å². The predicted molar refractivity (Wildman–Crippen MR) is 102 cm³/mol. The molecule has 146 valence electrons. The lowest BCUT2D eigenvalue weighted by Gasteiger charge is -2.35. The van der Waals surface area contributed by atoms with Crippen LogP contribution in [0.2, 0.25) is 0 Å². The van der Waals surface area contributed by atoms with Gasteiger partial charge in [0.25, 0.3) is 5.91 Å². The number of hydrogen-bond donors (Lipinski definition) is 2. The summed E-state index contributed by atoms with van der Waals surface area (Å²) in [5.41, 5.74) is 2.65. The Labute approximate surface area is 160 Å². The van der Waals surface area contributed by atoms with E-state index in [0.717, 1.165) is 24.2 Å².